The van der Waals surface area contributed by atoms with Crippen LogP contribution in [0.15, 0.2) is 46.6 Å². The molecule has 1 heterocycles. The third kappa shape index (κ3) is 4.08. The summed E-state index contributed by atoms with van der Waals surface area (Å²) >= 11 is 0. The number of nitrogens with zero attached hydrogens (tertiary/aromatic N) is 2. The lowest BCUT2D eigenvalue weighted by atomic mass is 9.94. The molecule has 1 aliphatic rings. The number of carbonyl (C=O) groups excluding carboxylic acids is 1. The molecule has 2 aromatic carbocycles. The van der Waals surface area contributed by atoms with E-state index in [1.54, 1.807) is 12.1 Å². The molecule has 1 aliphatic heterocycles. The number of benzene rings is 2. The van der Waals surface area contributed by atoms with Crippen LogP contribution >= 0.6 is 0 Å². The van der Waals surface area contributed by atoms with Crippen LogP contribution in [0.1, 0.15) is 37.0 Å². The molecule has 0 saturated heterocycles. The van der Waals surface area contributed by atoms with Crippen molar-refractivity contribution in [2.45, 2.75) is 26.7 Å². The van der Waals surface area contributed by atoms with Crippen LogP contribution in [0.4, 0.5) is 5.69 Å². The fraction of sp³-hybridized carbons (Fsp3) is 0.250. The summed E-state index contributed by atoms with van der Waals surface area (Å²) in [6, 6.07) is 10.7. The number of nitrogens with one attached hydrogen (secondary N) is 2. The fourth-order valence-corrected chi connectivity index (χ4v) is 2.99. The number of aromatic hydroxyl groups is 2. The molecule has 0 aliphatic carbocycles. The van der Waals surface area contributed by atoms with Crippen LogP contribution in [-0.4, -0.2) is 28.0 Å². The molecule has 0 radical (unpaired) electrons. The van der Waals surface area contributed by atoms with Crippen molar-refractivity contribution in [3.63, 3.8) is 0 Å². The normalized spacial score (nSPS) is 16.9. The summed E-state index contributed by atoms with van der Waals surface area (Å²) in [7, 11) is 0. The average molecular weight is 366 g/mol. The maximum Gasteiger partial charge on any atom is 0.240 e. The molecular weight excluding hydrogens is 344 g/mol. The second-order valence-corrected chi connectivity index (χ2v) is 6.44. The maximum absolute atomic E-state index is 11.3. The molecule has 2 aromatic rings. The maximum atomic E-state index is 11.3. The van der Waals surface area contributed by atoms with Crippen LogP contribution < -0.4 is 10.9 Å². The van der Waals surface area contributed by atoms with Gasteiger partial charge in [0.2, 0.25) is 5.91 Å². The van der Waals surface area contributed by atoms with E-state index < -0.39 is 0 Å². The lowest BCUT2D eigenvalue weighted by Crippen LogP contribution is -2.31. The molecule has 0 bridgehead atoms. The summed E-state index contributed by atoms with van der Waals surface area (Å²) in [5.74, 6) is 0.111. The Kier molecular flexibility index (Phi) is 5.40. The minimum Gasteiger partial charge on any atom is -0.508 e. The van der Waals surface area contributed by atoms with Gasteiger partial charge in [0.05, 0.1) is 17.6 Å². The van der Waals surface area contributed by atoms with Gasteiger partial charge in [-0.1, -0.05) is 26.0 Å². The molecule has 4 N–H and O–H groups in total. The van der Waals surface area contributed by atoms with Crippen LogP contribution in [-0.2, 0) is 11.2 Å². The Balaban J connectivity index is 1.69. The number of phenolic OH excluding ortho intramolecular Hbond substituents is 2. The summed E-state index contributed by atoms with van der Waals surface area (Å²) in [5.41, 5.74) is 9.02. The van der Waals surface area contributed by atoms with E-state index >= 15 is 0 Å². The lowest BCUT2D eigenvalue weighted by Gasteiger charge is -2.19. The second-order valence-electron chi connectivity index (χ2n) is 6.44. The largest absolute Gasteiger partial charge is 0.508 e. The van der Waals surface area contributed by atoms with Crippen molar-refractivity contribution in [1.82, 2.24) is 5.43 Å². The van der Waals surface area contributed by atoms with Crippen LogP contribution in [0.25, 0.3) is 0 Å². The molecule has 0 saturated carbocycles. The summed E-state index contributed by atoms with van der Waals surface area (Å²) in [6.07, 6.45) is 2.46. The van der Waals surface area contributed by atoms with Crippen molar-refractivity contribution in [1.29, 1.82) is 0 Å². The third-order valence-electron chi connectivity index (χ3n) is 4.48. The quantitative estimate of drug-likeness (QED) is 0.482. The van der Waals surface area contributed by atoms with Crippen molar-refractivity contribution in [3.05, 3.63) is 53.1 Å². The Morgan fingerprint density at radius 3 is 2.67 bits per heavy atom. The van der Waals surface area contributed by atoms with Gasteiger partial charge < -0.3 is 10.2 Å². The summed E-state index contributed by atoms with van der Waals surface area (Å²) in [6.45, 7) is 3.83. The average Bonchev–Trinajstić information content (AvgIpc) is 2.65. The minimum absolute atomic E-state index is 0.0322. The molecule has 140 valence electrons. The highest BCUT2D eigenvalue weighted by Crippen LogP contribution is 2.30. The Bertz CT molecular complexity index is 904. The second kappa shape index (κ2) is 7.90. The first-order chi connectivity index (χ1) is 13.0. The van der Waals surface area contributed by atoms with Gasteiger partial charge in [-0.3, -0.25) is 10.2 Å². The zero-order valence-corrected chi connectivity index (χ0v) is 15.2. The van der Waals surface area contributed by atoms with Crippen LogP contribution in [0, 0.1) is 5.92 Å². The van der Waals surface area contributed by atoms with Crippen molar-refractivity contribution in [2.24, 2.45) is 16.1 Å². The Hall–Kier alpha value is -3.35. The molecule has 7 heteroatoms. The molecule has 1 unspecified atom stereocenters. The molecular formula is C20H22N4O3. The number of amides is 1. The van der Waals surface area contributed by atoms with Crippen molar-refractivity contribution in [3.8, 4) is 11.5 Å². The zero-order chi connectivity index (χ0) is 19.4. The lowest BCUT2D eigenvalue weighted by molar-refractivity contribution is -0.121. The Labute approximate surface area is 157 Å². The third-order valence-corrected chi connectivity index (χ3v) is 4.48. The molecule has 0 spiro atoms. The molecule has 0 fully saturated rings. The van der Waals surface area contributed by atoms with Crippen molar-refractivity contribution in [2.75, 3.05) is 5.43 Å². The van der Waals surface area contributed by atoms with Gasteiger partial charge in [0.1, 0.15) is 11.5 Å². The SMILES string of the molecule is CCc1c(O)ccc(/C=N/Nc2ccc(C3=NNC(=O)CC3C)cc2)c1O. The highest BCUT2D eigenvalue weighted by Gasteiger charge is 2.21. The minimum atomic E-state index is -0.0670. The zero-order valence-electron chi connectivity index (χ0n) is 15.2. The van der Waals surface area contributed by atoms with E-state index in [0.29, 0.717) is 24.0 Å². The topological polar surface area (TPSA) is 106 Å². The monoisotopic (exact) mass is 366 g/mol. The first-order valence-electron chi connectivity index (χ1n) is 8.79. The summed E-state index contributed by atoms with van der Waals surface area (Å²) < 4.78 is 0. The highest BCUT2D eigenvalue weighted by molar-refractivity contribution is 6.05. The summed E-state index contributed by atoms with van der Waals surface area (Å²) in [4.78, 5) is 11.3. The van der Waals surface area contributed by atoms with E-state index in [0.717, 1.165) is 17.0 Å². The molecule has 3 rings (SSSR count). The van der Waals surface area contributed by atoms with Gasteiger partial charge in [0, 0.05) is 23.5 Å². The number of hydrogen-bond acceptors (Lipinski definition) is 6. The number of rotatable bonds is 5. The number of carbonyl (C=O) groups is 1. The van der Waals surface area contributed by atoms with E-state index in [4.69, 9.17) is 0 Å². The van der Waals surface area contributed by atoms with Crippen molar-refractivity contribution >= 4 is 23.5 Å². The fourth-order valence-electron chi connectivity index (χ4n) is 2.99. The standard InChI is InChI=1S/C20H22N4O3/c1-3-16-17(25)9-6-14(20(16)27)11-21-22-15-7-4-13(5-8-15)19-12(2)10-18(26)23-24-19/h4-9,11-12,22,25,27H,3,10H2,1-2H3,(H,23,26)/b21-11+. The first-order valence-corrected chi connectivity index (χ1v) is 8.79. The Morgan fingerprint density at radius 2 is 2.00 bits per heavy atom. The molecule has 1 atom stereocenters. The van der Waals surface area contributed by atoms with E-state index in [2.05, 4.69) is 21.1 Å². The van der Waals surface area contributed by atoms with Gasteiger partial charge in [0.15, 0.2) is 0 Å². The molecule has 27 heavy (non-hydrogen) atoms. The van der Waals surface area contributed by atoms with Gasteiger partial charge in [-0.05, 0) is 36.2 Å². The van der Waals surface area contributed by atoms with E-state index in [1.807, 2.05) is 38.1 Å². The van der Waals surface area contributed by atoms with Gasteiger partial charge in [0.25, 0.3) is 0 Å². The van der Waals surface area contributed by atoms with Crippen molar-refractivity contribution < 1.29 is 15.0 Å². The predicted octanol–water partition coefficient (Wildman–Crippen LogP) is 2.97. The number of hydrogen-bond donors (Lipinski definition) is 4. The van der Waals surface area contributed by atoms with Crippen LogP contribution in [0.3, 0.4) is 0 Å². The van der Waals surface area contributed by atoms with E-state index in [-0.39, 0.29) is 23.3 Å². The number of anilines is 1. The number of hydrazone groups is 2. The number of phenols is 2. The van der Waals surface area contributed by atoms with E-state index in [1.165, 1.54) is 6.21 Å². The highest BCUT2D eigenvalue weighted by atomic mass is 16.3. The molecule has 7 nitrogen and oxygen atoms in total. The van der Waals surface area contributed by atoms with Crippen LogP contribution in [0.2, 0.25) is 0 Å². The Morgan fingerprint density at radius 1 is 1.26 bits per heavy atom. The van der Waals surface area contributed by atoms with Gasteiger partial charge in [-0.15, -0.1) is 0 Å². The van der Waals surface area contributed by atoms with Crippen LogP contribution in [0.5, 0.6) is 11.5 Å². The van der Waals surface area contributed by atoms with Gasteiger partial charge >= 0.3 is 0 Å². The van der Waals surface area contributed by atoms with E-state index in [9.17, 15) is 15.0 Å². The molecule has 1 amide bonds. The first kappa shape index (κ1) is 18.4. The van der Waals surface area contributed by atoms with Gasteiger partial charge in [-0.2, -0.15) is 10.2 Å². The predicted molar refractivity (Wildman–Crippen MR) is 105 cm³/mol. The molecule has 0 aromatic heterocycles. The van der Waals surface area contributed by atoms with Gasteiger partial charge in [-0.25, -0.2) is 5.43 Å². The smallest absolute Gasteiger partial charge is 0.240 e. The summed E-state index contributed by atoms with van der Waals surface area (Å²) in [5, 5.41) is 28.2.